The maximum atomic E-state index is 5.88. The minimum absolute atomic E-state index is 0.683. The zero-order valence-electron chi connectivity index (χ0n) is 10.1. The molecule has 0 saturated heterocycles. The van der Waals surface area contributed by atoms with E-state index in [-0.39, 0.29) is 0 Å². The van der Waals surface area contributed by atoms with Gasteiger partial charge in [0, 0.05) is 34.5 Å². The van der Waals surface area contributed by atoms with Gasteiger partial charge in [-0.1, -0.05) is 63.7 Å². The lowest BCUT2D eigenvalue weighted by atomic mass is 10.0. The summed E-state index contributed by atoms with van der Waals surface area (Å²) >= 11 is 14.0. The lowest BCUT2D eigenvalue weighted by Crippen LogP contribution is -2.17. The first-order chi connectivity index (χ1) is 8.28. The van der Waals surface area contributed by atoms with Gasteiger partial charge in [0.1, 0.15) is 0 Å². The molecule has 0 N–H and O–H groups in total. The Morgan fingerprint density at radius 1 is 0.588 bits per heavy atom. The Labute approximate surface area is 139 Å². The largest absolute Gasteiger partial charge is 0.381 e. The highest BCUT2D eigenvalue weighted by Gasteiger charge is 2.11. The van der Waals surface area contributed by atoms with E-state index in [1.54, 1.807) is 0 Å². The summed E-state index contributed by atoms with van der Waals surface area (Å²) in [6.45, 7) is 1.80. The van der Waals surface area contributed by atoms with Crippen molar-refractivity contribution in [2.45, 2.75) is 25.7 Å². The smallest absolute Gasteiger partial charge is 0.0494 e. The van der Waals surface area contributed by atoms with Crippen LogP contribution in [0.3, 0.4) is 0 Å². The molecule has 0 amide bonds. The summed E-state index contributed by atoms with van der Waals surface area (Å²) in [4.78, 5) is 0. The van der Waals surface area contributed by atoms with Crippen molar-refractivity contribution in [3.8, 4) is 0 Å². The summed E-state index contributed by atoms with van der Waals surface area (Å²) in [5, 5.41) is 4.28. The molecule has 0 aromatic carbocycles. The van der Waals surface area contributed by atoms with Gasteiger partial charge in [0.15, 0.2) is 0 Å². The van der Waals surface area contributed by atoms with Gasteiger partial charge in [-0.3, -0.25) is 0 Å². The van der Waals surface area contributed by atoms with Crippen molar-refractivity contribution in [2.75, 3.05) is 34.5 Å². The Morgan fingerprint density at radius 2 is 0.882 bits per heavy atom. The average molecular weight is 502 g/mol. The summed E-state index contributed by atoms with van der Waals surface area (Å²) < 4.78 is 5.88. The van der Waals surface area contributed by atoms with E-state index in [9.17, 15) is 0 Å². The highest BCUT2D eigenvalue weighted by Crippen LogP contribution is 2.16. The molecule has 0 fully saturated rings. The Kier molecular flexibility index (Phi) is 15.9. The van der Waals surface area contributed by atoms with Crippen LogP contribution in [0.2, 0.25) is 0 Å². The minimum atomic E-state index is 0.683. The van der Waals surface area contributed by atoms with E-state index in [1.807, 2.05) is 0 Å². The number of alkyl halides is 4. The van der Waals surface area contributed by atoms with Gasteiger partial charge in [0.25, 0.3) is 0 Å². The van der Waals surface area contributed by atoms with Gasteiger partial charge in [-0.05, 0) is 37.5 Å². The Hall–Kier alpha value is 1.88. The zero-order chi connectivity index (χ0) is 12.9. The molecular formula is C12H22Br4O. The second kappa shape index (κ2) is 14.3. The topological polar surface area (TPSA) is 9.23 Å². The molecular weight excluding hydrogens is 480 g/mol. The third-order valence-electron chi connectivity index (χ3n) is 2.78. The van der Waals surface area contributed by atoms with Crippen molar-refractivity contribution in [3.63, 3.8) is 0 Å². The minimum Gasteiger partial charge on any atom is -0.381 e. The van der Waals surface area contributed by atoms with Crippen LogP contribution in [0.25, 0.3) is 0 Å². The Bertz CT molecular complexity index is 129. The van der Waals surface area contributed by atoms with Gasteiger partial charge in [-0.2, -0.15) is 0 Å². The Morgan fingerprint density at radius 3 is 1.12 bits per heavy atom. The van der Waals surface area contributed by atoms with Crippen molar-refractivity contribution in [2.24, 2.45) is 11.8 Å². The highest BCUT2D eigenvalue weighted by atomic mass is 79.9. The molecule has 0 aliphatic heterocycles. The molecule has 0 spiro atoms. The number of hydrogen-bond donors (Lipinski definition) is 0. The molecule has 0 aliphatic rings. The molecule has 0 rings (SSSR count). The standard InChI is InChI=1S/C12H22Br4O/c13-5-1-11(2-6-14)9-17-10-12(3-7-15)4-8-16/h11-12H,1-10H2. The molecule has 0 heterocycles. The van der Waals surface area contributed by atoms with E-state index in [2.05, 4.69) is 63.7 Å². The summed E-state index contributed by atoms with van der Waals surface area (Å²) in [5.41, 5.74) is 0. The fourth-order valence-electron chi connectivity index (χ4n) is 1.64. The van der Waals surface area contributed by atoms with Gasteiger partial charge in [-0.15, -0.1) is 0 Å². The van der Waals surface area contributed by atoms with Gasteiger partial charge < -0.3 is 4.74 Å². The molecule has 0 aromatic rings. The molecule has 0 bridgehead atoms. The first kappa shape index (κ1) is 18.9. The Balaban J connectivity index is 3.73. The molecule has 0 aliphatic carbocycles. The van der Waals surface area contributed by atoms with E-state index >= 15 is 0 Å². The predicted molar refractivity (Wildman–Crippen MR) is 91.4 cm³/mol. The molecule has 17 heavy (non-hydrogen) atoms. The second-order valence-corrected chi connectivity index (χ2v) is 7.35. The van der Waals surface area contributed by atoms with Gasteiger partial charge >= 0.3 is 0 Å². The third kappa shape index (κ3) is 11.4. The van der Waals surface area contributed by atoms with Crippen molar-refractivity contribution < 1.29 is 4.74 Å². The van der Waals surface area contributed by atoms with Crippen molar-refractivity contribution in [3.05, 3.63) is 0 Å². The first-order valence-corrected chi connectivity index (χ1v) is 10.6. The van der Waals surface area contributed by atoms with Crippen LogP contribution in [0, 0.1) is 11.8 Å². The lowest BCUT2D eigenvalue weighted by Gasteiger charge is -2.18. The van der Waals surface area contributed by atoms with E-state index in [4.69, 9.17) is 4.74 Å². The summed E-state index contributed by atoms with van der Waals surface area (Å²) in [7, 11) is 0. The molecule has 5 heteroatoms. The van der Waals surface area contributed by atoms with Gasteiger partial charge in [-0.25, -0.2) is 0 Å². The fraction of sp³-hybridized carbons (Fsp3) is 1.00. The summed E-state index contributed by atoms with van der Waals surface area (Å²) in [5.74, 6) is 1.37. The monoisotopic (exact) mass is 498 g/mol. The highest BCUT2D eigenvalue weighted by molar-refractivity contribution is 9.09. The fourth-order valence-corrected chi connectivity index (χ4v) is 4.23. The maximum Gasteiger partial charge on any atom is 0.0494 e. The van der Waals surface area contributed by atoms with Crippen LogP contribution < -0.4 is 0 Å². The van der Waals surface area contributed by atoms with Crippen LogP contribution in [-0.4, -0.2) is 34.5 Å². The molecule has 0 aromatic heterocycles. The van der Waals surface area contributed by atoms with Crippen LogP contribution in [0.15, 0.2) is 0 Å². The number of ether oxygens (including phenoxy) is 1. The van der Waals surface area contributed by atoms with Crippen LogP contribution in [-0.2, 0) is 4.74 Å². The normalized spacial score (nSPS) is 11.6. The van der Waals surface area contributed by atoms with E-state index < -0.39 is 0 Å². The molecule has 0 saturated carbocycles. The average Bonchev–Trinajstić information content (AvgIpc) is 2.30. The van der Waals surface area contributed by atoms with E-state index in [1.165, 1.54) is 25.7 Å². The van der Waals surface area contributed by atoms with Crippen LogP contribution in [0.1, 0.15) is 25.7 Å². The molecule has 104 valence electrons. The molecule has 0 radical (unpaired) electrons. The second-order valence-electron chi connectivity index (χ2n) is 4.18. The first-order valence-electron chi connectivity index (χ1n) is 6.10. The summed E-state index contributed by atoms with van der Waals surface area (Å²) in [6.07, 6.45) is 4.81. The summed E-state index contributed by atoms with van der Waals surface area (Å²) in [6, 6.07) is 0. The van der Waals surface area contributed by atoms with Gasteiger partial charge in [0.2, 0.25) is 0 Å². The zero-order valence-corrected chi connectivity index (χ0v) is 16.5. The van der Waals surface area contributed by atoms with Crippen molar-refractivity contribution in [1.82, 2.24) is 0 Å². The van der Waals surface area contributed by atoms with Crippen LogP contribution in [0.4, 0.5) is 0 Å². The number of hydrogen-bond acceptors (Lipinski definition) is 1. The quantitative estimate of drug-likeness (QED) is 0.326. The number of rotatable bonds is 12. The number of halogens is 4. The molecule has 0 unspecified atom stereocenters. The molecule has 1 nitrogen and oxygen atoms in total. The lowest BCUT2D eigenvalue weighted by molar-refractivity contribution is 0.0682. The van der Waals surface area contributed by atoms with E-state index in [0.29, 0.717) is 11.8 Å². The third-order valence-corrected chi connectivity index (χ3v) is 4.61. The molecule has 0 atom stereocenters. The van der Waals surface area contributed by atoms with Crippen molar-refractivity contribution in [1.29, 1.82) is 0 Å². The van der Waals surface area contributed by atoms with Crippen LogP contribution >= 0.6 is 63.7 Å². The van der Waals surface area contributed by atoms with E-state index in [0.717, 1.165) is 34.5 Å². The van der Waals surface area contributed by atoms with Crippen LogP contribution in [0.5, 0.6) is 0 Å². The predicted octanol–water partition coefficient (Wildman–Crippen LogP) is 5.38. The van der Waals surface area contributed by atoms with Crippen molar-refractivity contribution >= 4 is 63.7 Å². The van der Waals surface area contributed by atoms with Gasteiger partial charge in [0.05, 0.1) is 0 Å². The SMILES string of the molecule is BrCCC(CCBr)COCC(CCBr)CCBr. The maximum absolute atomic E-state index is 5.88.